The molecule has 2 aromatic heterocycles. The standard InChI is InChI=1S/C15H13NO2S/c1-9-4-2-5-10-8-11(18-15(9)10)14(17)13(16)12-6-3-7-19-12/h2-8,13H,16H2,1H3. The summed E-state index contributed by atoms with van der Waals surface area (Å²) in [7, 11) is 0. The Hall–Kier alpha value is -1.91. The molecule has 0 aliphatic carbocycles. The second kappa shape index (κ2) is 4.64. The molecule has 19 heavy (non-hydrogen) atoms. The van der Waals surface area contributed by atoms with E-state index in [0.717, 1.165) is 21.4 Å². The van der Waals surface area contributed by atoms with Crippen LogP contribution in [0.15, 0.2) is 46.2 Å². The maximum Gasteiger partial charge on any atom is 0.219 e. The fourth-order valence-electron chi connectivity index (χ4n) is 2.08. The van der Waals surface area contributed by atoms with Crippen LogP contribution in [0.25, 0.3) is 11.0 Å². The molecule has 0 bridgehead atoms. The average molecular weight is 271 g/mol. The third kappa shape index (κ3) is 2.09. The van der Waals surface area contributed by atoms with E-state index in [4.69, 9.17) is 10.2 Å². The Morgan fingerprint density at radius 2 is 2.16 bits per heavy atom. The SMILES string of the molecule is Cc1cccc2cc(C(=O)C(N)c3cccs3)oc12. The lowest BCUT2D eigenvalue weighted by Gasteiger charge is -2.05. The topological polar surface area (TPSA) is 56.2 Å². The van der Waals surface area contributed by atoms with E-state index < -0.39 is 6.04 Å². The van der Waals surface area contributed by atoms with Crippen molar-refractivity contribution in [2.75, 3.05) is 0 Å². The summed E-state index contributed by atoms with van der Waals surface area (Å²) in [6.45, 7) is 1.96. The van der Waals surface area contributed by atoms with E-state index >= 15 is 0 Å². The van der Waals surface area contributed by atoms with E-state index in [9.17, 15) is 4.79 Å². The molecule has 2 heterocycles. The second-order valence-electron chi connectivity index (χ2n) is 4.46. The largest absolute Gasteiger partial charge is 0.453 e. The summed E-state index contributed by atoms with van der Waals surface area (Å²) in [5.74, 6) is 0.142. The average Bonchev–Trinajstić information content (AvgIpc) is 3.06. The lowest BCUT2D eigenvalue weighted by atomic mass is 10.1. The Bertz CT molecular complexity index is 728. The van der Waals surface area contributed by atoms with Gasteiger partial charge in [0, 0.05) is 10.3 Å². The number of furan rings is 1. The van der Waals surface area contributed by atoms with E-state index in [2.05, 4.69) is 0 Å². The minimum atomic E-state index is -0.652. The highest BCUT2D eigenvalue weighted by molar-refractivity contribution is 7.10. The van der Waals surface area contributed by atoms with Gasteiger partial charge in [0.2, 0.25) is 5.78 Å². The number of hydrogen-bond acceptors (Lipinski definition) is 4. The number of benzene rings is 1. The molecule has 3 nitrogen and oxygen atoms in total. The molecule has 0 saturated carbocycles. The summed E-state index contributed by atoms with van der Waals surface area (Å²) in [5.41, 5.74) is 7.74. The minimum Gasteiger partial charge on any atom is -0.453 e. The molecule has 2 N–H and O–H groups in total. The number of Topliss-reactive ketones (excluding diaryl/α,β-unsaturated/α-hetero) is 1. The van der Waals surface area contributed by atoms with Gasteiger partial charge in [-0.05, 0) is 30.0 Å². The van der Waals surface area contributed by atoms with Crippen molar-refractivity contribution in [1.29, 1.82) is 0 Å². The fourth-order valence-corrected chi connectivity index (χ4v) is 2.81. The third-order valence-electron chi connectivity index (χ3n) is 3.12. The van der Waals surface area contributed by atoms with Gasteiger partial charge in [-0.25, -0.2) is 0 Å². The number of thiophene rings is 1. The first-order valence-corrected chi connectivity index (χ1v) is 6.87. The maximum absolute atomic E-state index is 12.3. The predicted octanol–water partition coefficient (Wildman–Crippen LogP) is 3.69. The van der Waals surface area contributed by atoms with E-state index in [0.29, 0.717) is 5.76 Å². The zero-order valence-electron chi connectivity index (χ0n) is 10.4. The van der Waals surface area contributed by atoms with Gasteiger partial charge >= 0.3 is 0 Å². The summed E-state index contributed by atoms with van der Waals surface area (Å²) in [4.78, 5) is 13.2. The van der Waals surface area contributed by atoms with Crippen molar-refractivity contribution >= 4 is 28.1 Å². The van der Waals surface area contributed by atoms with Gasteiger partial charge in [-0.2, -0.15) is 0 Å². The molecule has 0 fully saturated rings. The lowest BCUT2D eigenvalue weighted by molar-refractivity contribution is 0.0937. The van der Waals surface area contributed by atoms with Gasteiger partial charge < -0.3 is 10.2 Å². The van der Waals surface area contributed by atoms with Crippen LogP contribution >= 0.6 is 11.3 Å². The number of nitrogens with two attached hydrogens (primary N) is 1. The maximum atomic E-state index is 12.3. The molecule has 1 unspecified atom stereocenters. The van der Waals surface area contributed by atoms with E-state index in [1.54, 1.807) is 6.07 Å². The van der Waals surface area contributed by atoms with Crippen LogP contribution in [0.2, 0.25) is 0 Å². The molecule has 4 heteroatoms. The summed E-state index contributed by atoms with van der Waals surface area (Å²) in [6.07, 6.45) is 0. The van der Waals surface area contributed by atoms with Crippen molar-refractivity contribution in [2.45, 2.75) is 13.0 Å². The van der Waals surface area contributed by atoms with Gasteiger partial charge in [-0.3, -0.25) is 4.79 Å². The fraction of sp³-hybridized carbons (Fsp3) is 0.133. The molecule has 0 amide bonds. The number of rotatable bonds is 3. The molecule has 1 atom stereocenters. The van der Waals surface area contributed by atoms with Gasteiger partial charge in [-0.15, -0.1) is 11.3 Å². The molecule has 96 valence electrons. The van der Waals surface area contributed by atoms with Gasteiger partial charge in [0.05, 0.1) is 0 Å². The van der Waals surface area contributed by atoms with Crippen molar-refractivity contribution < 1.29 is 9.21 Å². The Balaban J connectivity index is 2.00. The normalized spacial score (nSPS) is 12.7. The van der Waals surface area contributed by atoms with Crippen LogP contribution in [0.4, 0.5) is 0 Å². The number of aryl methyl sites for hydroxylation is 1. The number of para-hydroxylation sites is 1. The van der Waals surface area contributed by atoms with Crippen LogP contribution < -0.4 is 5.73 Å². The van der Waals surface area contributed by atoms with Crippen LogP contribution in [0.5, 0.6) is 0 Å². The smallest absolute Gasteiger partial charge is 0.219 e. The minimum absolute atomic E-state index is 0.182. The van der Waals surface area contributed by atoms with Crippen molar-refractivity contribution in [3.63, 3.8) is 0 Å². The molecule has 0 spiro atoms. The second-order valence-corrected chi connectivity index (χ2v) is 5.44. The zero-order valence-corrected chi connectivity index (χ0v) is 11.2. The summed E-state index contributed by atoms with van der Waals surface area (Å²) < 4.78 is 5.65. The highest BCUT2D eigenvalue weighted by Crippen LogP contribution is 2.26. The van der Waals surface area contributed by atoms with Gasteiger partial charge in [0.15, 0.2) is 5.76 Å². The molecular weight excluding hydrogens is 258 g/mol. The molecule has 0 saturated heterocycles. The van der Waals surface area contributed by atoms with E-state index in [-0.39, 0.29) is 5.78 Å². The van der Waals surface area contributed by atoms with E-state index in [1.165, 1.54) is 11.3 Å². The molecule has 3 rings (SSSR count). The predicted molar refractivity (Wildman–Crippen MR) is 76.5 cm³/mol. The van der Waals surface area contributed by atoms with Crippen molar-refractivity contribution in [3.05, 3.63) is 58.0 Å². The monoisotopic (exact) mass is 271 g/mol. The number of carbonyl (C=O) groups is 1. The summed E-state index contributed by atoms with van der Waals surface area (Å²) in [6, 6.07) is 10.7. The van der Waals surface area contributed by atoms with Crippen LogP contribution in [0.3, 0.4) is 0 Å². The van der Waals surface area contributed by atoms with Gasteiger partial charge in [0.25, 0.3) is 0 Å². The first-order chi connectivity index (χ1) is 9.16. The molecule has 0 aliphatic rings. The van der Waals surface area contributed by atoms with Crippen LogP contribution in [0, 0.1) is 6.92 Å². The van der Waals surface area contributed by atoms with Gasteiger partial charge in [0.1, 0.15) is 11.6 Å². The zero-order chi connectivity index (χ0) is 13.4. The molecule has 0 radical (unpaired) electrons. The molecule has 0 aliphatic heterocycles. The Morgan fingerprint density at radius 3 is 2.84 bits per heavy atom. The molecule has 1 aromatic carbocycles. The highest BCUT2D eigenvalue weighted by Gasteiger charge is 2.22. The number of carbonyl (C=O) groups excluding carboxylic acids is 1. The third-order valence-corrected chi connectivity index (χ3v) is 4.07. The van der Waals surface area contributed by atoms with Crippen molar-refractivity contribution in [1.82, 2.24) is 0 Å². The van der Waals surface area contributed by atoms with E-state index in [1.807, 2.05) is 42.6 Å². The lowest BCUT2D eigenvalue weighted by Crippen LogP contribution is -2.19. The van der Waals surface area contributed by atoms with Crippen molar-refractivity contribution in [3.8, 4) is 0 Å². The van der Waals surface area contributed by atoms with Crippen LogP contribution in [-0.4, -0.2) is 5.78 Å². The highest BCUT2D eigenvalue weighted by atomic mass is 32.1. The number of ketones is 1. The number of fused-ring (bicyclic) bond motifs is 1. The first kappa shape index (κ1) is 12.1. The van der Waals surface area contributed by atoms with Crippen LogP contribution in [-0.2, 0) is 0 Å². The van der Waals surface area contributed by atoms with Crippen molar-refractivity contribution in [2.24, 2.45) is 5.73 Å². The molecule has 3 aromatic rings. The summed E-state index contributed by atoms with van der Waals surface area (Å²) in [5, 5.41) is 2.84. The quantitative estimate of drug-likeness (QED) is 0.739. The Kier molecular flexibility index (Phi) is 2.97. The van der Waals surface area contributed by atoms with Gasteiger partial charge in [-0.1, -0.05) is 24.3 Å². The Morgan fingerprint density at radius 1 is 1.32 bits per heavy atom. The molecular formula is C15H13NO2S. The summed E-state index contributed by atoms with van der Waals surface area (Å²) >= 11 is 1.48. The Labute approximate surface area is 114 Å². The van der Waals surface area contributed by atoms with Crippen LogP contribution in [0.1, 0.15) is 27.0 Å². The number of hydrogen-bond donors (Lipinski definition) is 1. The first-order valence-electron chi connectivity index (χ1n) is 5.99.